The van der Waals surface area contributed by atoms with Gasteiger partial charge in [-0.1, -0.05) is 11.6 Å². The summed E-state index contributed by atoms with van der Waals surface area (Å²) in [6, 6.07) is 9.65. The van der Waals surface area contributed by atoms with Gasteiger partial charge in [0.25, 0.3) is 0 Å². The molecule has 3 nitrogen and oxygen atoms in total. The van der Waals surface area contributed by atoms with E-state index in [1.807, 2.05) is 30.3 Å². The maximum Gasteiger partial charge on any atom is 0.173 e. The highest BCUT2D eigenvalue weighted by molar-refractivity contribution is 9.10. The lowest BCUT2D eigenvalue weighted by Crippen LogP contribution is -2.34. The summed E-state index contributed by atoms with van der Waals surface area (Å²) in [7, 11) is 0. The molecule has 0 bridgehead atoms. The predicted octanol–water partition coefficient (Wildman–Crippen LogP) is 4.72. The average molecular weight is 385 g/mol. The highest BCUT2D eigenvalue weighted by atomic mass is 79.9. The van der Waals surface area contributed by atoms with Crippen LogP contribution in [0.3, 0.4) is 0 Å². The third-order valence-electron chi connectivity index (χ3n) is 2.96. The molecule has 1 heterocycles. The van der Waals surface area contributed by atoms with Crippen molar-refractivity contribution in [2.75, 3.05) is 11.9 Å². The van der Waals surface area contributed by atoms with Crippen molar-refractivity contribution in [3.8, 4) is 0 Å². The number of hydrogen-bond donors (Lipinski definition) is 1. The number of nitrogens with one attached hydrogen (secondary N) is 1. The Hall–Kier alpha value is -1.17. The first kappa shape index (κ1) is 16.2. The second-order valence-electron chi connectivity index (χ2n) is 4.43. The van der Waals surface area contributed by atoms with Crippen LogP contribution < -0.4 is 5.32 Å². The maximum atomic E-state index is 6.09. The fourth-order valence-corrected chi connectivity index (χ4v) is 2.55. The second-order valence-corrected chi connectivity index (χ2v) is 6.08. The molecule has 2 aromatic rings. The lowest BCUT2D eigenvalue weighted by Gasteiger charge is -2.24. The van der Waals surface area contributed by atoms with Crippen molar-refractivity contribution in [2.24, 2.45) is 0 Å². The Balaban J connectivity index is 2.04. The molecule has 0 aliphatic heterocycles. The smallest absolute Gasteiger partial charge is 0.173 e. The summed E-state index contributed by atoms with van der Waals surface area (Å²) in [6.07, 6.45) is 3.57. The lowest BCUT2D eigenvalue weighted by molar-refractivity contribution is 0.442. The fourth-order valence-electron chi connectivity index (χ4n) is 1.81. The van der Waals surface area contributed by atoms with Gasteiger partial charge in [0.05, 0.1) is 5.02 Å². The second kappa shape index (κ2) is 7.73. The van der Waals surface area contributed by atoms with E-state index >= 15 is 0 Å². The molecule has 1 aromatic carbocycles. The van der Waals surface area contributed by atoms with Crippen molar-refractivity contribution in [1.29, 1.82) is 0 Å². The number of thiocarbonyl (C=S) groups is 1. The Labute approximate surface area is 143 Å². The molecule has 21 heavy (non-hydrogen) atoms. The molecule has 0 spiro atoms. The topological polar surface area (TPSA) is 28.2 Å². The van der Waals surface area contributed by atoms with Gasteiger partial charge in [-0.25, -0.2) is 0 Å². The van der Waals surface area contributed by atoms with Crippen molar-refractivity contribution in [1.82, 2.24) is 9.88 Å². The van der Waals surface area contributed by atoms with Crippen molar-refractivity contribution < 1.29 is 0 Å². The highest BCUT2D eigenvalue weighted by Gasteiger charge is 2.09. The number of nitrogens with zero attached hydrogens (tertiary/aromatic N) is 2. The van der Waals surface area contributed by atoms with Gasteiger partial charge in [-0.15, -0.1) is 0 Å². The molecule has 1 aromatic heterocycles. The van der Waals surface area contributed by atoms with Gasteiger partial charge in [0.1, 0.15) is 0 Å². The van der Waals surface area contributed by atoms with Crippen molar-refractivity contribution in [2.45, 2.75) is 13.5 Å². The monoisotopic (exact) mass is 383 g/mol. The van der Waals surface area contributed by atoms with Gasteiger partial charge < -0.3 is 10.2 Å². The van der Waals surface area contributed by atoms with Crippen LogP contribution in [0, 0.1) is 0 Å². The first-order valence-corrected chi connectivity index (χ1v) is 8.08. The number of anilines is 1. The summed E-state index contributed by atoms with van der Waals surface area (Å²) >= 11 is 14.9. The van der Waals surface area contributed by atoms with Crippen molar-refractivity contribution in [3.63, 3.8) is 0 Å². The SMILES string of the molecule is CCN(Cc1ccncc1)C(=S)Nc1ccc(Br)c(Cl)c1. The number of benzene rings is 1. The zero-order valence-electron chi connectivity index (χ0n) is 11.5. The van der Waals surface area contributed by atoms with Gasteiger partial charge in [0.15, 0.2) is 5.11 Å². The van der Waals surface area contributed by atoms with Gasteiger partial charge in [0, 0.05) is 35.6 Å². The third kappa shape index (κ3) is 4.66. The quantitative estimate of drug-likeness (QED) is 0.772. The van der Waals surface area contributed by atoms with Crippen LogP contribution in [0.25, 0.3) is 0 Å². The molecule has 0 fully saturated rings. The van der Waals surface area contributed by atoms with Crippen LogP contribution in [0.4, 0.5) is 5.69 Å². The predicted molar refractivity (Wildman–Crippen MR) is 95.7 cm³/mol. The molecule has 0 radical (unpaired) electrons. The van der Waals surface area contributed by atoms with Crippen LogP contribution in [0.15, 0.2) is 47.2 Å². The summed E-state index contributed by atoms with van der Waals surface area (Å²) in [5.41, 5.74) is 2.05. The van der Waals surface area contributed by atoms with Crippen LogP contribution >= 0.6 is 39.7 Å². The minimum Gasteiger partial charge on any atom is -0.345 e. The first-order valence-electron chi connectivity index (χ1n) is 6.50. The number of halogens is 2. The zero-order chi connectivity index (χ0) is 15.2. The van der Waals surface area contributed by atoms with Crippen LogP contribution in [0.2, 0.25) is 5.02 Å². The number of rotatable bonds is 4. The third-order valence-corrected chi connectivity index (χ3v) is 4.56. The van der Waals surface area contributed by atoms with E-state index in [1.54, 1.807) is 12.4 Å². The normalized spacial score (nSPS) is 10.2. The Morgan fingerprint density at radius 3 is 2.67 bits per heavy atom. The molecule has 0 saturated carbocycles. The summed E-state index contributed by atoms with van der Waals surface area (Å²) in [6.45, 7) is 3.64. The highest BCUT2D eigenvalue weighted by Crippen LogP contribution is 2.25. The molecule has 0 atom stereocenters. The first-order chi connectivity index (χ1) is 10.1. The molecular weight excluding hydrogens is 370 g/mol. The standard InChI is InChI=1S/C15H15BrClN3S/c1-2-20(10-11-5-7-18-8-6-11)15(21)19-12-3-4-13(16)14(17)9-12/h3-9H,2,10H2,1H3,(H,19,21). The van der Waals surface area contributed by atoms with Crippen LogP contribution in [-0.2, 0) is 6.54 Å². The van der Waals surface area contributed by atoms with E-state index in [0.29, 0.717) is 10.1 Å². The summed E-state index contributed by atoms with van der Waals surface area (Å²) in [5, 5.41) is 4.54. The molecule has 2 rings (SSSR count). The summed E-state index contributed by atoms with van der Waals surface area (Å²) in [4.78, 5) is 6.11. The van der Waals surface area contributed by atoms with Crippen molar-refractivity contribution >= 4 is 50.5 Å². The van der Waals surface area contributed by atoms with E-state index in [-0.39, 0.29) is 0 Å². The molecule has 0 amide bonds. The Kier molecular flexibility index (Phi) is 5.96. The number of pyridine rings is 1. The van der Waals surface area contributed by atoms with E-state index in [1.165, 1.54) is 5.56 Å². The number of hydrogen-bond acceptors (Lipinski definition) is 2. The van der Waals surface area contributed by atoms with E-state index < -0.39 is 0 Å². The van der Waals surface area contributed by atoms with Gasteiger partial charge in [0.2, 0.25) is 0 Å². The fraction of sp³-hybridized carbons (Fsp3) is 0.200. The average Bonchev–Trinajstić information content (AvgIpc) is 2.49. The Morgan fingerprint density at radius 2 is 2.05 bits per heavy atom. The van der Waals surface area contributed by atoms with Gasteiger partial charge in [-0.05, 0) is 71.0 Å². The summed E-state index contributed by atoms with van der Waals surface area (Å²) < 4.78 is 0.866. The van der Waals surface area contributed by atoms with E-state index in [2.05, 4.69) is 38.1 Å². The molecule has 6 heteroatoms. The number of aromatic nitrogens is 1. The van der Waals surface area contributed by atoms with E-state index in [9.17, 15) is 0 Å². The van der Waals surface area contributed by atoms with Crippen LogP contribution in [0.5, 0.6) is 0 Å². The molecule has 0 unspecified atom stereocenters. The summed E-state index contributed by atoms with van der Waals surface area (Å²) in [5.74, 6) is 0. The zero-order valence-corrected chi connectivity index (χ0v) is 14.7. The van der Waals surface area contributed by atoms with Gasteiger partial charge >= 0.3 is 0 Å². The van der Waals surface area contributed by atoms with Crippen LogP contribution in [-0.4, -0.2) is 21.5 Å². The van der Waals surface area contributed by atoms with E-state index in [4.69, 9.17) is 23.8 Å². The Morgan fingerprint density at radius 1 is 1.33 bits per heavy atom. The largest absolute Gasteiger partial charge is 0.345 e. The molecule has 110 valence electrons. The van der Waals surface area contributed by atoms with Crippen LogP contribution in [0.1, 0.15) is 12.5 Å². The lowest BCUT2D eigenvalue weighted by atomic mass is 10.2. The molecular formula is C15H15BrClN3S. The molecule has 0 aliphatic carbocycles. The molecule has 1 N–H and O–H groups in total. The maximum absolute atomic E-state index is 6.09. The van der Waals surface area contributed by atoms with Crippen molar-refractivity contribution in [3.05, 3.63) is 57.8 Å². The van der Waals surface area contributed by atoms with Gasteiger partial charge in [-0.2, -0.15) is 0 Å². The van der Waals surface area contributed by atoms with Gasteiger partial charge in [-0.3, -0.25) is 4.98 Å². The Bertz CT molecular complexity index is 622. The van der Waals surface area contributed by atoms with E-state index in [0.717, 1.165) is 23.2 Å². The minimum atomic E-state index is 0.653. The molecule has 0 saturated heterocycles. The minimum absolute atomic E-state index is 0.653. The molecule has 0 aliphatic rings.